The average Bonchev–Trinajstić information content (AvgIpc) is 3.06. The fourth-order valence-electron chi connectivity index (χ4n) is 2.74. The third kappa shape index (κ3) is 5.12. The molecule has 4 N–H and O–H groups in total. The molecule has 12 nitrogen and oxygen atoms in total. The minimum Gasteiger partial charge on any atom is -0.369 e. The van der Waals surface area contributed by atoms with Crippen LogP contribution in [-0.4, -0.2) is 83.5 Å². The predicted octanol–water partition coefficient (Wildman–Crippen LogP) is -0.718. The Kier molecular flexibility index (Phi) is 8.03. The van der Waals surface area contributed by atoms with Gasteiger partial charge in [0, 0.05) is 25.7 Å². The lowest BCUT2D eigenvalue weighted by molar-refractivity contribution is -0.493. The van der Waals surface area contributed by atoms with Crippen LogP contribution in [0.4, 0.5) is 0 Å². The summed E-state index contributed by atoms with van der Waals surface area (Å²) in [5, 5.41) is 21.8. The van der Waals surface area contributed by atoms with E-state index in [9.17, 15) is 17.4 Å². The molecule has 0 radical (unpaired) electrons. The van der Waals surface area contributed by atoms with Crippen LogP contribution in [0.5, 0.6) is 0 Å². The Balaban J connectivity index is 2.20. The van der Waals surface area contributed by atoms with Crippen LogP contribution in [0.25, 0.3) is 0 Å². The molecule has 1 aromatic rings. The quantitative estimate of drug-likeness (QED) is 0.320. The summed E-state index contributed by atoms with van der Waals surface area (Å²) in [5.41, 5.74) is 0.381. The van der Waals surface area contributed by atoms with Gasteiger partial charge in [-0.1, -0.05) is 0 Å². The third-order valence-corrected chi connectivity index (χ3v) is 8.58. The highest BCUT2D eigenvalue weighted by Crippen LogP contribution is 2.41. The fraction of sp³-hybridized carbons (Fsp3) is 0.615. The molecule has 1 aromatic heterocycles. The first kappa shape index (κ1) is 23.3. The van der Waals surface area contributed by atoms with Crippen LogP contribution in [0.2, 0.25) is 0 Å². The maximum absolute atomic E-state index is 12.6. The van der Waals surface area contributed by atoms with E-state index in [-0.39, 0.29) is 41.3 Å². The number of carbonyl (C=O) groups excluding carboxylic acids is 1. The number of nitrogens with two attached hydrogens (primary N) is 1. The molecule has 2 rings (SSSR count). The zero-order valence-corrected chi connectivity index (χ0v) is 17.6. The maximum Gasteiger partial charge on any atom is 0.252 e. The number of amides is 1. The Labute approximate surface area is 168 Å². The van der Waals surface area contributed by atoms with Crippen molar-refractivity contribution in [2.75, 3.05) is 40.0 Å². The van der Waals surface area contributed by atoms with E-state index in [1.807, 2.05) is 0 Å². The van der Waals surface area contributed by atoms with Gasteiger partial charge in [-0.25, -0.2) is 22.6 Å². The molecular formula is C13H22N4O8S3. The summed E-state index contributed by atoms with van der Waals surface area (Å²) in [6, 6.07) is 0.882. The number of ether oxygens (including phenoxy) is 1. The number of sulfonamides is 1. The average molecular weight is 459 g/mol. The molecule has 1 amide bonds. The van der Waals surface area contributed by atoms with Crippen molar-refractivity contribution in [3.8, 4) is 0 Å². The minimum absolute atomic E-state index is 0.0200. The van der Waals surface area contributed by atoms with Crippen molar-refractivity contribution in [1.29, 1.82) is 0 Å². The summed E-state index contributed by atoms with van der Waals surface area (Å²) in [4.78, 5) is 18.4. The molecule has 1 aliphatic heterocycles. The highest BCUT2D eigenvalue weighted by Gasteiger charge is 2.40. The summed E-state index contributed by atoms with van der Waals surface area (Å²) in [7, 11) is -4.18. The second-order valence-electron chi connectivity index (χ2n) is 5.73. The molecule has 0 fully saturated rings. The van der Waals surface area contributed by atoms with Crippen LogP contribution in [0.1, 0.15) is 18.5 Å². The highest BCUT2D eigenvalue weighted by atomic mass is 32.3. The number of hydrogen-bond acceptors (Lipinski definition) is 10. The van der Waals surface area contributed by atoms with Crippen molar-refractivity contribution in [1.82, 2.24) is 14.6 Å². The van der Waals surface area contributed by atoms with E-state index < -0.39 is 38.3 Å². The number of rotatable bonds is 9. The van der Waals surface area contributed by atoms with E-state index in [1.54, 1.807) is 6.92 Å². The second kappa shape index (κ2) is 9.66. The van der Waals surface area contributed by atoms with Crippen molar-refractivity contribution in [3.05, 3.63) is 11.6 Å². The number of likely N-dealkylation sites (N-methyl/N-ethyl adjacent to an activating group) is 2. The number of fused-ring (bicyclic) bond motifs is 1. The molecule has 160 valence electrons. The van der Waals surface area contributed by atoms with Gasteiger partial charge < -0.3 is 9.64 Å². The molecule has 0 aromatic carbocycles. The van der Waals surface area contributed by atoms with Gasteiger partial charge in [-0.05, 0) is 13.0 Å². The van der Waals surface area contributed by atoms with E-state index in [4.69, 9.17) is 20.3 Å². The zero-order chi connectivity index (χ0) is 21.1. The lowest BCUT2D eigenvalue weighted by atomic mass is 10.1. The number of carbonyl (C=O) groups is 1. The molecule has 0 spiro atoms. The molecule has 2 heterocycles. The lowest BCUT2D eigenvalue weighted by Gasteiger charge is -2.37. The molecular weight excluding hydrogens is 436 g/mol. The van der Waals surface area contributed by atoms with Crippen molar-refractivity contribution in [3.63, 3.8) is 0 Å². The van der Waals surface area contributed by atoms with Crippen LogP contribution < -0.4 is 5.14 Å². The van der Waals surface area contributed by atoms with Gasteiger partial charge in [0.15, 0.2) is 0 Å². The van der Waals surface area contributed by atoms with Crippen LogP contribution in [0.15, 0.2) is 14.5 Å². The number of nitrogens with zero attached hydrogens (tertiary/aromatic N) is 3. The third-order valence-electron chi connectivity index (χ3n) is 4.03. The minimum atomic E-state index is -3.74. The van der Waals surface area contributed by atoms with Crippen LogP contribution >= 0.6 is 11.3 Å². The standard InChI is InChI=1S/C13H22N4O8S3/c1-3-16(11(18)8-24-4-5-25-17(19)20)10-7-15(2)28(22,23)13-9(10)6-12(26-13)27(14)21/h6,10,19-20H,3-5,7-8,14H2,1-2H3/t10-,27?/m0/s1. The molecule has 2 atom stereocenters. The molecule has 1 aliphatic rings. The first-order chi connectivity index (χ1) is 13.1. The molecule has 0 bridgehead atoms. The van der Waals surface area contributed by atoms with Crippen molar-refractivity contribution in [2.24, 2.45) is 5.14 Å². The van der Waals surface area contributed by atoms with Gasteiger partial charge >= 0.3 is 0 Å². The van der Waals surface area contributed by atoms with Gasteiger partial charge in [-0.3, -0.25) is 15.2 Å². The molecule has 0 aliphatic carbocycles. The monoisotopic (exact) mass is 458 g/mol. The summed E-state index contributed by atoms with van der Waals surface area (Å²) in [6.45, 7) is 1.50. The van der Waals surface area contributed by atoms with Gasteiger partial charge in [0.25, 0.3) is 10.0 Å². The normalized spacial score (nSPS) is 20.1. The molecule has 15 heteroatoms. The highest BCUT2D eigenvalue weighted by molar-refractivity contribution is 7.92. The SMILES string of the molecule is CCN(C(=O)COCCON(O)O)[C@H]1CN(C)S(=O)(=O)c2sc(S(N)=O)cc21. The smallest absolute Gasteiger partial charge is 0.252 e. The molecule has 28 heavy (non-hydrogen) atoms. The first-order valence-corrected chi connectivity index (χ1v) is 11.5. The van der Waals surface area contributed by atoms with Crippen molar-refractivity contribution in [2.45, 2.75) is 21.4 Å². The Morgan fingerprint density at radius 3 is 2.71 bits per heavy atom. The van der Waals surface area contributed by atoms with E-state index >= 15 is 0 Å². The Morgan fingerprint density at radius 2 is 2.14 bits per heavy atom. The van der Waals surface area contributed by atoms with Crippen LogP contribution in [0, 0.1) is 0 Å². The number of hydrogen-bond donors (Lipinski definition) is 3. The van der Waals surface area contributed by atoms with Crippen molar-refractivity contribution >= 4 is 38.3 Å². The first-order valence-electron chi connectivity index (χ1n) is 8.03. The van der Waals surface area contributed by atoms with Gasteiger partial charge in [0.05, 0.1) is 24.6 Å². The molecule has 0 saturated carbocycles. The lowest BCUT2D eigenvalue weighted by Crippen LogP contribution is -2.46. The Bertz CT molecular complexity index is 828. The van der Waals surface area contributed by atoms with E-state index in [2.05, 4.69) is 4.84 Å². The maximum atomic E-state index is 12.6. The largest absolute Gasteiger partial charge is 0.369 e. The Hall–Kier alpha value is -1.01. The van der Waals surface area contributed by atoms with E-state index in [0.717, 1.165) is 15.6 Å². The molecule has 1 unspecified atom stereocenters. The summed E-state index contributed by atoms with van der Waals surface area (Å²) in [6.07, 6.45) is 0. The van der Waals surface area contributed by atoms with Gasteiger partial charge in [-0.2, -0.15) is 4.31 Å². The molecule has 0 saturated heterocycles. The van der Waals surface area contributed by atoms with Crippen molar-refractivity contribution < 1.29 is 37.4 Å². The summed E-state index contributed by atoms with van der Waals surface area (Å²) < 4.78 is 43.3. The van der Waals surface area contributed by atoms with E-state index in [0.29, 0.717) is 5.56 Å². The van der Waals surface area contributed by atoms with Gasteiger partial charge in [-0.15, -0.1) is 11.3 Å². The fourth-order valence-corrected chi connectivity index (χ4v) is 6.58. The topological polar surface area (TPSA) is 163 Å². The zero-order valence-electron chi connectivity index (χ0n) is 15.2. The van der Waals surface area contributed by atoms with Crippen LogP contribution in [-0.2, 0) is 35.4 Å². The summed E-state index contributed by atoms with van der Waals surface area (Å²) >= 11 is 0.832. The Morgan fingerprint density at radius 1 is 1.46 bits per heavy atom. The second-order valence-corrected chi connectivity index (χ2v) is 10.3. The van der Waals surface area contributed by atoms with E-state index in [1.165, 1.54) is 18.0 Å². The van der Waals surface area contributed by atoms with Gasteiger partial charge in [0.1, 0.15) is 26.0 Å². The summed E-state index contributed by atoms with van der Waals surface area (Å²) in [5.74, 6) is -0.391. The number of thiophene rings is 1. The predicted molar refractivity (Wildman–Crippen MR) is 97.0 cm³/mol. The van der Waals surface area contributed by atoms with Gasteiger partial charge in [0.2, 0.25) is 5.91 Å². The van der Waals surface area contributed by atoms with Crippen LogP contribution in [0.3, 0.4) is 0 Å².